The lowest BCUT2D eigenvalue weighted by Gasteiger charge is -2.25. The van der Waals surface area contributed by atoms with Crippen LogP contribution in [0.2, 0.25) is 5.28 Å². The first-order chi connectivity index (χ1) is 7.16. The van der Waals surface area contributed by atoms with E-state index in [0.29, 0.717) is 12.4 Å². The highest BCUT2D eigenvalue weighted by Gasteiger charge is 2.25. The molecule has 1 aliphatic heterocycles. The summed E-state index contributed by atoms with van der Waals surface area (Å²) >= 11 is 5.59. The number of imide groups is 1. The van der Waals surface area contributed by atoms with Gasteiger partial charge >= 0.3 is 6.03 Å². The number of nitrogens with one attached hydrogen (secondary N) is 1. The van der Waals surface area contributed by atoms with Crippen molar-refractivity contribution >= 4 is 29.4 Å². The maximum absolute atomic E-state index is 11.4. The molecule has 1 saturated heterocycles. The molecule has 3 amide bonds. The normalized spacial score (nSPS) is 16.5. The number of carbonyl (C=O) groups excluding carboxylic acids is 2. The number of urea groups is 1. The monoisotopic (exact) mass is 226 g/mol. The Morgan fingerprint density at radius 2 is 2.27 bits per heavy atom. The number of hydrogen-bond donors (Lipinski definition) is 1. The van der Waals surface area contributed by atoms with Crippen LogP contribution >= 0.6 is 11.6 Å². The third-order valence-corrected chi connectivity index (χ3v) is 2.12. The van der Waals surface area contributed by atoms with Gasteiger partial charge in [-0.15, -0.1) is 0 Å². The largest absolute Gasteiger partial charge is 0.329 e. The molecule has 6 nitrogen and oxygen atoms in total. The zero-order valence-electron chi connectivity index (χ0n) is 7.61. The Kier molecular flexibility index (Phi) is 2.51. The SMILES string of the molecule is O=C1CCN(c2ccnc(Cl)n2)C(=O)N1. The Morgan fingerprint density at radius 1 is 1.47 bits per heavy atom. The van der Waals surface area contributed by atoms with Gasteiger partial charge in [0, 0.05) is 19.2 Å². The molecule has 0 unspecified atom stereocenters. The average molecular weight is 227 g/mol. The molecule has 15 heavy (non-hydrogen) atoms. The van der Waals surface area contributed by atoms with Gasteiger partial charge in [-0.05, 0) is 17.7 Å². The summed E-state index contributed by atoms with van der Waals surface area (Å²) in [4.78, 5) is 31.2. The van der Waals surface area contributed by atoms with Crippen LogP contribution < -0.4 is 10.2 Å². The Hall–Kier alpha value is -1.69. The minimum absolute atomic E-state index is 0.0669. The van der Waals surface area contributed by atoms with E-state index < -0.39 is 6.03 Å². The van der Waals surface area contributed by atoms with E-state index in [1.807, 2.05) is 0 Å². The maximum Gasteiger partial charge on any atom is 0.329 e. The molecule has 1 fully saturated rings. The van der Waals surface area contributed by atoms with Gasteiger partial charge in [0.15, 0.2) is 0 Å². The number of carbonyl (C=O) groups is 2. The van der Waals surface area contributed by atoms with E-state index >= 15 is 0 Å². The fraction of sp³-hybridized carbons (Fsp3) is 0.250. The second-order valence-corrected chi connectivity index (χ2v) is 3.28. The third-order valence-electron chi connectivity index (χ3n) is 1.94. The Bertz CT molecular complexity index is 423. The van der Waals surface area contributed by atoms with Gasteiger partial charge in [0.25, 0.3) is 0 Å². The first-order valence-electron chi connectivity index (χ1n) is 4.27. The van der Waals surface area contributed by atoms with Gasteiger partial charge in [0.05, 0.1) is 0 Å². The van der Waals surface area contributed by atoms with Crippen LogP contribution in [0.4, 0.5) is 10.6 Å². The van der Waals surface area contributed by atoms with Crippen LogP contribution in [0, 0.1) is 0 Å². The van der Waals surface area contributed by atoms with E-state index in [0.717, 1.165) is 0 Å². The molecule has 0 aromatic carbocycles. The van der Waals surface area contributed by atoms with E-state index in [-0.39, 0.29) is 17.6 Å². The van der Waals surface area contributed by atoms with Crippen LogP contribution in [0.25, 0.3) is 0 Å². The zero-order chi connectivity index (χ0) is 10.8. The average Bonchev–Trinajstić information content (AvgIpc) is 2.17. The summed E-state index contributed by atoms with van der Waals surface area (Å²) in [5, 5.41) is 2.26. The van der Waals surface area contributed by atoms with Gasteiger partial charge in [-0.2, -0.15) is 0 Å². The number of aromatic nitrogens is 2. The second-order valence-electron chi connectivity index (χ2n) is 2.94. The highest BCUT2D eigenvalue weighted by molar-refractivity contribution is 6.28. The van der Waals surface area contributed by atoms with Gasteiger partial charge in [0.1, 0.15) is 5.82 Å². The van der Waals surface area contributed by atoms with Crippen LogP contribution in [-0.4, -0.2) is 28.5 Å². The number of halogens is 1. The lowest BCUT2D eigenvalue weighted by Crippen LogP contribution is -2.49. The van der Waals surface area contributed by atoms with Crippen molar-refractivity contribution in [3.63, 3.8) is 0 Å². The number of nitrogens with zero attached hydrogens (tertiary/aromatic N) is 3. The Balaban J connectivity index is 2.24. The fourth-order valence-corrected chi connectivity index (χ4v) is 1.40. The number of anilines is 1. The molecule has 2 heterocycles. The molecule has 0 atom stereocenters. The molecule has 0 aliphatic carbocycles. The predicted octanol–water partition coefficient (Wildman–Crippen LogP) is 0.576. The standard InChI is InChI=1S/C8H7ClN4O2/c9-7-10-3-1-5(11-7)13-4-2-6(14)12-8(13)15/h1,3H,2,4H2,(H,12,14,15). The van der Waals surface area contributed by atoms with Gasteiger partial charge in [0.2, 0.25) is 11.2 Å². The maximum atomic E-state index is 11.4. The van der Waals surface area contributed by atoms with Gasteiger partial charge in [-0.1, -0.05) is 0 Å². The van der Waals surface area contributed by atoms with E-state index in [2.05, 4.69) is 15.3 Å². The van der Waals surface area contributed by atoms with Crippen molar-refractivity contribution in [2.24, 2.45) is 0 Å². The van der Waals surface area contributed by atoms with Crippen LogP contribution in [0.1, 0.15) is 6.42 Å². The van der Waals surface area contributed by atoms with Crippen molar-refractivity contribution in [3.8, 4) is 0 Å². The lowest BCUT2D eigenvalue weighted by molar-refractivity contribution is -0.120. The predicted molar refractivity (Wildman–Crippen MR) is 52.5 cm³/mol. The highest BCUT2D eigenvalue weighted by Crippen LogP contribution is 2.14. The van der Waals surface area contributed by atoms with E-state index in [4.69, 9.17) is 11.6 Å². The van der Waals surface area contributed by atoms with E-state index in [1.54, 1.807) is 6.07 Å². The van der Waals surface area contributed by atoms with E-state index in [9.17, 15) is 9.59 Å². The van der Waals surface area contributed by atoms with Crippen molar-refractivity contribution in [1.29, 1.82) is 0 Å². The summed E-state index contributed by atoms with van der Waals surface area (Å²) < 4.78 is 0. The second kappa shape index (κ2) is 3.82. The summed E-state index contributed by atoms with van der Waals surface area (Å²) in [6, 6.07) is 1.07. The van der Waals surface area contributed by atoms with Crippen LogP contribution in [0.15, 0.2) is 12.3 Å². The minimum Gasteiger partial charge on any atom is -0.278 e. The van der Waals surface area contributed by atoms with Crippen LogP contribution in [-0.2, 0) is 4.79 Å². The quantitative estimate of drug-likeness (QED) is 0.711. The summed E-state index contributed by atoms with van der Waals surface area (Å²) in [5.41, 5.74) is 0. The number of amides is 3. The zero-order valence-corrected chi connectivity index (χ0v) is 8.36. The number of hydrogen-bond acceptors (Lipinski definition) is 4. The van der Waals surface area contributed by atoms with Crippen molar-refractivity contribution < 1.29 is 9.59 Å². The summed E-state index contributed by atoms with van der Waals surface area (Å²) in [6.07, 6.45) is 1.71. The molecule has 1 aromatic rings. The molecule has 0 bridgehead atoms. The van der Waals surface area contributed by atoms with Crippen molar-refractivity contribution in [3.05, 3.63) is 17.5 Å². The van der Waals surface area contributed by atoms with E-state index in [1.165, 1.54) is 11.1 Å². The lowest BCUT2D eigenvalue weighted by atomic mass is 10.3. The molecular formula is C8H7ClN4O2. The smallest absolute Gasteiger partial charge is 0.278 e. The van der Waals surface area contributed by atoms with Gasteiger partial charge in [-0.25, -0.2) is 14.8 Å². The highest BCUT2D eigenvalue weighted by atomic mass is 35.5. The molecular weight excluding hydrogens is 220 g/mol. The molecule has 78 valence electrons. The van der Waals surface area contributed by atoms with Crippen molar-refractivity contribution in [2.45, 2.75) is 6.42 Å². The van der Waals surface area contributed by atoms with Gasteiger partial charge in [-0.3, -0.25) is 15.0 Å². The van der Waals surface area contributed by atoms with Gasteiger partial charge < -0.3 is 0 Å². The van der Waals surface area contributed by atoms with Crippen molar-refractivity contribution in [2.75, 3.05) is 11.4 Å². The molecule has 1 N–H and O–H groups in total. The van der Waals surface area contributed by atoms with Crippen molar-refractivity contribution in [1.82, 2.24) is 15.3 Å². The van der Waals surface area contributed by atoms with Crippen LogP contribution in [0.3, 0.4) is 0 Å². The summed E-state index contributed by atoms with van der Waals surface area (Å²) in [7, 11) is 0. The Labute approximate surface area is 90.3 Å². The van der Waals surface area contributed by atoms with Crippen LogP contribution in [0.5, 0.6) is 0 Å². The third kappa shape index (κ3) is 2.04. The fourth-order valence-electron chi connectivity index (χ4n) is 1.26. The first kappa shape index (κ1) is 9.85. The molecule has 0 saturated carbocycles. The molecule has 2 rings (SSSR count). The Morgan fingerprint density at radius 3 is 2.93 bits per heavy atom. The molecule has 1 aromatic heterocycles. The molecule has 7 heteroatoms. The topological polar surface area (TPSA) is 75.2 Å². The molecule has 0 radical (unpaired) electrons. The summed E-state index contributed by atoms with van der Waals surface area (Å²) in [6.45, 7) is 0.304. The molecule has 0 spiro atoms. The minimum atomic E-state index is -0.485. The number of rotatable bonds is 1. The molecule has 1 aliphatic rings. The first-order valence-corrected chi connectivity index (χ1v) is 4.64. The summed E-state index contributed by atoms with van der Waals surface area (Å²) in [5.74, 6) is 0.108.